The highest BCUT2D eigenvalue weighted by Crippen LogP contribution is 2.44. The number of piperidine rings is 1. The summed E-state index contributed by atoms with van der Waals surface area (Å²) in [5.41, 5.74) is 5.66. The van der Waals surface area contributed by atoms with Crippen LogP contribution >= 0.6 is 0 Å². The molecule has 3 unspecified atom stereocenters. The van der Waals surface area contributed by atoms with Crippen molar-refractivity contribution in [3.8, 4) is 0 Å². The molecule has 2 saturated heterocycles. The number of aryl methyl sites for hydroxylation is 1. The van der Waals surface area contributed by atoms with E-state index in [9.17, 15) is 9.59 Å². The first-order valence-corrected chi connectivity index (χ1v) is 15.1. The van der Waals surface area contributed by atoms with Crippen LogP contribution in [-0.2, 0) is 16.0 Å². The van der Waals surface area contributed by atoms with E-state index in [4.69, 9.17) is 4.74 Å². The Kier molecular flexibility index (Phi) is 8.23. The van der Waals surface area contributed by atoms with Crippen LogP contribution in [0.2, 0.25) is 0 Å². The minimum Gasteiger partial charge on any atom is -0.444 e. The molecule has 1 aromatic carbocycles. The number of hydrogen-bond acceptors (Lipinski definition) is 4. The first-order valence-electron chi connectivity index (χ1n) is 15.1. The van der Waals surface area contributed by atoms with Gasteiger partial charge in [0.05, 0.1) is 6.04 Å². The SMILES string of the molecule is CC1C=CC2=C(C1)C(N1CCC(CC(=O)N3CCN(C(=O)OC(C)(C)C)CC3C)CC1)c1ccccc1CC2. The van der Waals surface area contributed by atoms with Gasteiger partial charge in [0.1, 0.15) is 5.60 Å². The molecular weight excluding hydrogens is 486 g/mol. The van der Waals surface area contributed by atoms with Gasteiger partial charge in [-0.25, -0.2) is 4.79 Å². The third-order valence-corrected chi connectivity index (χ3v) is 9.00. The Labute approximate surface area is 235 Å². The molecular formula is C33H47N3O3. The number of allylic oxidation sites excluding steroid dienone is 3. The summed E-state index contributed by atoms with van der Waals surface area (Å²) in [6.07, 6.45) is 10.6. The molecule has 2 amide bonds. The van der Waals surface area contributed by atoms with E-state index in [1.165, 1.54) is 11.1 Å². The highest BCUT2D eigenvalue weighted by atomic mass is 16.6. The molecule has 4 aliphatic rings. The van der Waals surface area contributed by atoms with Crippen molar-refractivity contribution in [2.24, 2.45) is 11.8 Å². The number of carbonyl (C=O) groups is 2. The summed E-state index contributed by atoms with van der Waals surface area (Å²) in [5, 5.41) is 0. The van der Waals surface area contributed by atoms with Gasteiger partial charge in [-0.2, -0.15) is 0 Å². The summed E-state index contributed by atoms with van der Waals surface area (Å²) in [6.45, 7) is 13.8. The quantitative estimate of drug-likeness (QED) is 0.469. The van der Waals surface area contributed by atoms with Gasteiger partial charge < -0.3 is 14.5 Å². The van der Waals surface area contributed by atoms with E-state index < -0.39 is 5.60 Å². The van der Waals surface area contributed by atoms with Crippen LogP contribution in [0.25, 0.3) is 0 Å². The molecule has 2 heterocycles. The van der Waals surface area contributed by atoms with Crippen molar-refractivity contribution in [3.63, 3.8) is 0 Å². The minimum atomic E-state index is -0.509. The number of amides is 2. The van der Waals surface area contributed by atoms with Gasteiger partial charge in [-0.05, 0) is 107 Å². The monoisotopic (exact) mass is 533 g/mol. The standard InChI is InChI=1S/C33H47N3O3/c1-23-10-11-27-13-12-26-8-6-7-9-28(26)31(29(27)20-23)34-16-14-25(15-17-34)21-30(37)36-19-18-35(22-24(36)2)32(38)39-33(3,4)5/h6-11,23-25,31H,12-22H2,1-5H3. The molecule has 6 nitrogen and oxygen atoms in total. The van der Waals surface area contributed by atoms with Crippen LogP contribution in [0, 0.1) is 11.8 Å². The largest absolute Gasteiger partial charge is 0.444 e. The second kappa shape index (κ2) is 11.5. The number of fused-ring (bicyclic) bond motifs is 1. The lowest BCUT2D eigenvalue weighted by Gasteiger charge is -2.42. The van der Waals surface area contributed by atoms with E-state index in [0.29, 0.717) is 43.9 Å². The number of piperazine rings is 1. The van der Waals surface area contributed by atoms with Crippen LogP contribution in [0.5, 0.6) is 0 Å². The molecule has 0 radical (unpaired) electrons. The molecule has 2 aliphatic heterocycles. The van der Waals surface area contributed by atoms with Crippen molar-refractivity contribution in [2.75, 3.05) is 32.7 Å². The molecule has 0 saturated carbocycles. The van der Waals surface area contributed by atoms with Gasteiger partial charge in [0.25, 0.3) is 0 Å². The van der Waals surface area contributed by atoms with Crippen LogP contribution in [0.1, 0.15) is 83.9 Å². The van der Waals surface area contributed by atoms with Gasteiger partial charge in [0, 0.05) is 32.1 Å². The summed E-state index contributed by atoms with van der Waals surface area (Å²) in [5.74, 6) is 1.25. The van der Waals surface area contributed by atoms with Gasteiger partial charge in [-0.1, -0.05) is 43.3 Å². The number of rotatable bonds is 3. The average Bonchev–Trinajstić information content (AvgIpc) is 3.04. The van der Waals surface area contributed by atoms with Crippen LogP contribution in [0.3, 0.4) is 0 Å². The first kappa shape index (κ1) is 27.9. The Balaban J connectivity index is 1.19. The van der Waals surface area contributed by atoms with Gasteiger partial charge in [-0.3, -0.25) is 9.69 Å². The lowest BCUT2D eigenvalue weighted by atomic mass is 9.82. The van der Waals surface area contributed by atoms with Crippen molar-refractivity contribution < 1.29 is 14.3 Å². The van der Waals surface area contributed by atoms with E-state index in [2.05, 4.69) is 48.2 Å². The maximum Gasteiger partial charge on any atom is 0.410 e. The highest BCUT2D eigenvalue weighted by molar-refractivity contribution is 5.77. The molecule has 0 bridgehead atoms. The van der Waals surface area contributed by atoms with Crippen LogP contribution < -0.4 is 0 Å². The van der Waals surface area contributed by atoms with Gasteiger partial charge in [0.15, 0.2) is 0 Å². The topological polar surface area (TPSA) is 53.1 Å². The van der Waals surface area contributed by atoms with Gasteiger partial charge in [0.2, 0.25) is 5.91 Å². The lowest BCUT2D eigenvalue weighted by Crippen LogP contribution is -2.56. The molecule has 0 N–H and O–H groups in total. The van der Waals surface area contributed by atoms with Crippen LogP contribution in [0.15, 0.2) is 47.6 Å². The van der Waals surface area contributed by atoms with Gasteiger partial charge >= 0.3 is 6.09 Å². The molecule has 0 spiro atoms. The number of likely N-dealkylation sites (tertiary alicyclic amines) is 1. The molecule has 1 aromatic rings. The second-order valence-electron chi connectivity index (χ2n) is 13.2. The third kappa shape index (κ3) is 6.42. The predicted molar refractivity (Wildman–Crippen MR) is 155 cm³/mol. The Bertz CT molecular complexity index is 1130. The van der Waals surface area contributed by atoms with Crippen LogP contribution in [-0.4, -0.2) is 71.1 Å². The summed E-state index contributed by atoms with van der Waals surface area (Å²) in [7, 11) is 0. The van der Waals surface area contributed by atoms with Gasteiger partial charge in [-0.15, -0.1) is 0 Å². The number of hydrogen-bond donors (Lipinski definition) is 0. The summed E-state index contributed by atoms with van der Waals surface area (Å²) >= 11 is 0. The fourth-order valence-electron chi connectivity index (χ4n) is 6.97. The molecule has 5 rings (SSSR count). The zero-order valence-corrected chi connectivity index (χ0v) is 24.6. The maximum atomic E-state index is 13.4. The maximum absolute atomic E-state index is 13.4. The highest BCUT2D eigenvalue weighted by Gasteiger charge is 2.36. The first-order chi connectivity index (χ1) is 18.6. The summed E-state index contributed by atoms with van der Waals surface area (Å²) in [4.78, 5) is 32.3. The van der Waals surface area contributed by atoms with Crippen molar-refractivity contribution in [1.82, 2.24) is 14.7 Å². The molecule has 0 aromatic heterocycles. The Morgan fingerprint density at radius 2 is 1.74 bits per heavy atom. The van der Waals surface area contributed by atoms with Crippen molar-refractivity contribution in [2.45, 2.75) is 90.8 Å². The molecule has 212 valence electrons. The smallest absolute Gasteiger partial charge is 0.410 e. The zero-order chi connectivity index (χ0) is 27.7. The van der Waals surface area contributed by atoms with E-state index >= 15 is 0 Å². The Morgan fingerprint density at radius 1 is 1.00 bits per heavy atom. The van der Waals surface area contributed by atoms with E-state index in [1.807, 2.05) is 32.6 Å². The number of benzene rings is 1. The molecule has 3 atom stereocenters. The Hall–Kier alpha value is -2.60. The van der Waals surface area contributed by atoms with Crippen LogP contribution in [0.4, 0.5) is 4.79 Å². The average molecular weight is 534 g/mol. The fraction of sp³-hybridized carbons (Fsp3) is 0.636. The van der Waals surface area contributed by atoms with E-state index in [1.54, 1.807) is 16.0 Å². The number of carbonyl (C=O) groups excluding carboxylic acids is 2. The number of nitrogens with zero attached hydrogens (tertiary/aromatic N) is 3. The molecule has 6 heteroatoms. The number of ether oxygens (including phenoxy) is 1. The van der Waals surface area contributed by atoms with E-state index in [-0.39, 0.29) is 18.0 Å². The lowest BCUT2D eigenvalue weighted by molar-refractivity contribution is -0.137. The third-order valence-electron chi connectivity index (χ3n) is 9.00. The zero-order valence-electron chi connectivity index (χ0n) is 24.6. The van der Waals surface area contributed by atoms with Crippen molar-refractivity contribution >= 4 is 12.0 Å². The summed E-state index contributed by atoms with van der Waals surface area (Å²) < 4.78 is 5.54. The molecule has 2 fully saturated rings. The fourth-order valence-corrected chi connectivity index (χ4v) is 6.97. The van der Waals surface area contributed by atoms with Crippen molar-refractivity contribution in [1.29, 1.82) is 0 Å². The van der Waals surface area contributed by atoms with Crippen molar-refractivity contribution in [3.05, 3.63) is 58.7 Å². The summed E-state index contributed by atoms with van der Waals surface area (Å²) in [6, 6.07) is 9.44. The predicted octanol–water partition coefficient (Wildman–Crippen LogP) is 6.14. The normalized spacial score (nSPS) is 26.6. The second-order valence-corrected chi connectivity index (χ2v) is 13.2. The minimum absolute atomic E-state index is 0.00746. The van der Waals surface area contributed by atoms with E-state index in [0.717, 1.165) is 45.2 Å². The molecule has 2 aliphatic carbocycles. The Morgan fingerprint density at radius 3 is 2.46 bits per heavy atom. The molecule has 39 heavy (non-hydrogen) atoms.